The van der Waals surface area contributed by atoms with Gasteiger partial charge in [-0.2, -0.15) is 10.1 Å². The summed E-state index contributed by atoms with van der Waals surface area (Å²) in [5.41, 5.74) is 4.42. The lowest BCUT2D eigenvalue weighted by Gasteiger charge is -2.06. The Morgan fingerprint density at radius 1 is 1.20 bits per heavy atom. The Morgan fingerprint density at radius 3 is 2.72 bits per heavy atom. The summed E-state index contributed by atoms with van der Waals surface area (Å²) in [6.45, 7) is 6.19. The second kappa shape index (κ2) is 6.07. The SMILES string of the molecule is Cc1nn(C(C)C)cc1-c1csc2c(O)nc(C3=CCCC=N3)nc12. The molecule has 1 aliphatic rings. The van der Waals surface area contributed by atoms with E-state index < -0.39 is 0 Å². The molecule has 1 N–H and O–H groups in total. The highest BCUT2D eigenvalue weighted by Crippen LogP contribution is 2.38. The van der Waals surface area contributed by atoms with Gasteiger partial charge >= 0.3 is 0 Å². The summed E-state index contributed by atoms with van der Waals surface area (Å²) in [5.74, 6) is 0.473. The molecule has 4 rings (SSSR count). The summed E-state index contributed by atoms with van der Waals surface area (Å²) < 4.78 is 2.64. The fourth-order valence-corrected chi connectivity index (χ4v) is 3.77. The maximum absolute atomic E-state index is 10.4. The summed E-state index contributed by atoms with van der Waals surface area (Å²) in [4.78, 5) is 13.3. The quantitative estimate of drug-likeness (QED) is 0.759. The highest BCUT2D eigenvalue weighted by atomic mass is 32.1. The van der Waals surface area contributed by atoms with Crippen molar-refractivity contribution >= 4 is 33.5 Å². The van der Waals surface area contributed by atoms with Crippen LogP contribution in [0.2, 0.25) is 0 Å². The number of fused-ring (bicyclic) bond motifs is 1. The number of rotatable bonds is 3. The molecule has 0 saturated heterocycles. The number of hydrogen-bond acceptors (Lipinski definition) is 6. The zero-order chi connectivity index (χ0) is 17.6. The summed E-state index contributed by atoms with van der Waals surface area (Å²) in [5, 5.41) is 17.0. The third-order valence-electron chi connectivity index (χ3n) is 4.23. The van der Waals surface area contributed by atoms with Gasteiger partial charge in [0.2, 0.25) is 5.88 Å². The van der Waals surface area contributed by atoms with Crippen molar-refractivity contribution in [2.24, 2.45) is 4.99 Å². The van der Waals surface area contributed by atoms with Crippen LogP contribution >= 0.6 is 11.3 Å². The Bertz CT molecular complexity index is 1010. The summed E-state index contributed by atoms with van der Waals surface area (Å²) in [7, 11) is 0. The molecule has 4 heterocycles. The van der Waals surface area contributed by atoms with Crippen LogP contribution in [0.3, 0.4) is 0 Å². The predicted octanol–water partition coefficient (Wildman–Crippen LogP) is 4.36. The van der Waals surface area contributed by atoms with Gasteiger partial charge in [-0.15, -0.1) is 11.3 Å². The van der Waals surface area contributed by atoms with E-state index in [2.05, 4.69) is 28.9 Å². The number of allylic oxidation sites excluding steroid dienone is 1. The van der Waals surface area contributed by atoms with Crippen LogP contribution in [-0.4, -0.2) is 31.1 Å². The molecule has 3 aromatic heterocycles. The van der Waals surface area contributed by atoms with Gasteiger partial charge in [0.1, 0.15) is 10.4 Å². The first kappa shape index (κ1) is 16.0. The third kappa shape index (κ3) is 2.74. The number of aromatic hydroxyl groups is 1. The van der Waals surface area contributed by atoms with Crippen molar-refractivity contribution in [1.82, 2.24) is 19.7 Å². The van der Waals surface area contributed by atoms with E-state index in [0.29, 0.717) is 10.5 Å². The number of nitrogens with zero attached hydrogens (tertiary/aromatic N) is 5. The zero-order valence-corrected chi connectivity index (χ0v) is 15.2. The molecule has 0 unspecified atom stereocenters. The smallest absolute Gasteiger partial charge is 0.233 e. The average molecular weight is 353 g/mol. The molecule has 1 aliphatic heterocycles. The van der Waals surface area contributed by atoms with Gasteiger partial charge in [-0.05, 0) is 33.6 Å². The second-order valence-electron chi connectivity index (χ2n) is 6.38. The van der Waals surface area contributed by atoms with Crippen molar-refractivity contribution in [2.75, 3.05) is 0 Å². The Balaban J connectivity index is 1.89. The highest BCUT2D eigenvalue weighted by Gasteiger charge is 2.19. The van der Waals surface area contributed by atoms with Gasteiger partial charge in [-0.25, -0.2) is 4.98 Å². The normalized spacial score (nSPS) is 14.5. The molecule has 0 aliphatic carbocycles. The van der Waals surface area contributed by atoms with Gasteiger partial charge < -0.3 is 5.11 Å². The second-order valence-corrected chi connectivity index (χ2v) is 7.26. The van der Waals surface area contributed by atoms with E-state index in [9.17, 15) is 5.11 Å². The van der Waals surface area contributed by atoms with Crippen LogP contribution in [0.5, 0.6) is 5.88 Å². The molecule has 0 saturated carbocycles. The molecular formula is C18H19N5OS. The molecule has 6 nitrogen and oxygen atoms in total. The molecule has 128 valence electrons. The largest absolute Gasteiger partial charge is 0.492 e. The minimum Gasteiger partial charge on any atom is -0.492 e. The lowest BCUT2D eigenvalue weighted by atomic mass is 10.1. The van der Waals surface area contributed by atoms with Crippen LogP contribution in [0.15, 0.2) is 22.6 Å². The maximum Gasteiger partial charge on any atom is 0.233 e. The average Bonchev–Trinajstić information content (AvgIpc) is 3.19. The van der Waals surface area contributed by atoms with Gasteiger partial charge in [0.15, 0.2) is 5.82 Å². The Hall–Kier alpha value is -2.54. The van der Waals surface area contributed by atoms with Crippen LogP contribution < -0.4 is 0 Å². The third-order valence-corrected chi connectivity index (χ3v) is 5.19. The van der Waals surface area contributed by atoms with E-state index >= 15 is 0 Å². The van der Waals surface area contributed by atoms with Gasteiger partial charge in [-0.3, -0.25) is 9.67 Å². The van der Waals surface area contributed by atoms with Crippen molar-refractivity contribution in [3.63, 3.8) is 0 Å². The van der Waals surface area contributed by atoms with E-state index in [1.807, 2.05) is 35.5 Å². The van der Waals surface area contributed by atoms with Crippen molar-refractivity contribution in [3.8, 4) is 17.0 Å². The zero-order valence-electron chi connectivity index (χ0n) is 14.4. The van der Waals surface area contributed by atoms with E-state index in [-0.39, 0.29) is 11.9 Å². The molecule has 0 bridgehead atoms. The molecule has 0 spiro atoms. The first-order chi connectivity index (χ1) is 12.0. The van der Waals surface area contributed by atoms with Crippen LogP contribution in [0, 0.1) is 6.92 Å². The van der Waals surface area contributed by atoms with Crippen molar-refractivity contribution in [3.05, 3.63) is 29.2 Å². The predicted molar refractivity (Wildman–Crippen MR) is 101 cm³/mol. The minimum atomic E-state index is 0.00632. The molecular weight excluding hydrogens is 334 g/mol. The molecule has 0 atom stereocenters. The van der Waals surface area contributed by atoms with Crippen molar-refractivity contribution < 1.29 is 5.11 Å². The molecule has 0 aromatic carbocycles. The monoisotopic (exact) mass is 353 g/mol. The fourth-order valence-electron chi connectivity index (χ4n) is 2.88. The first-order valence-electron chi connectivity index (χ1n) is 8.32. The van der Waals surface area contributed by atoms with Crippen LogP contribution in [0.4, 0.5) is 0 Å². The number of aromatic nitrogens is 4. The lowest BCUT2D eigenvalue weighted by molar-refractivity contribution is 0.459. The van der Waals surface area contributed by atoms with Gasteiger partial charge in [-0.1, -0.05) is 6.08 Å². The summed E-state index contributed by atoms with van der Waals surface area (Å²) in [6, 6.07) is 0.290. The molecule has 0 fully saturated rings. The van der Waals surface area contributed by atoms with Crippen LogP contribution in [0.1, 0.15) is 44.2 Å². The molecule has 3 aromatic rings. The Morgan fingerprint density at radius 2 is 2.04 bits per heavy atom. The summed E-state index contributed by atoms with van der Waals surface area (Å²) in [6.07, 6.45) is 7.76. The Labute approximate surface area is 149 Å². The number of hydrogen-bond donors (Lipinski definition) is 1. The van der Waals surface area contributed by atoms with E-state index in [0.717, 1.165) is 40.9 Å². The lowest BCUT2D eigenvalue weighted by Crippen LogP contribution is -2.00. The maximum atomic E-state index is 10.4. The van der Waals surface area contributed by atoms with Gasteiger partial charge in [0, 0.05) is 35.0 Å². The molecule has 25 heavy (non-hydrogen) atoms. The van der Waals surface area contributed by atoms with Crippen molar-refractivity contribution in [1.29, 1.82) is 0 Å². The first-order valence-corrected chi connectivity index (χ1v) is 9.20. The highest BCUT2D eigenvalue weighted by molar-refractivity contribution is 7.18. The van der Waals surface area contributed by atoms with Crippen LogP contribution in [0.25, 0.3) is 27.0 Å². The van der Waals surface area contributed by atoms with Gasteiger partial charge in [0.05, 0.1) is 11.2 Å². The number of aliphatic imine (C=N–C) groups is 1. The standard InChI is InChI=1S/C18H19N5OS/c1-10(2)23-8-12(11(3)22-23)13-9-25-16-15(13)20-17(21-18(16)24)14-6-4-5-7-19-14/h6-10H,4-5H2,1-3H3,(H,20,21,24). The van der Waals surface area contributed by atoms with E-state index in [1.165, 1.54) is 11.3 Å². The number of aryl methyl sites for hydroxylation is 1. The topological polar surface area (TPSA) is 76.2 Å². The number of thiophene rings is 1. The van der Waals surface area contributed by atoms with E-state index in [1.54, 1.807) is 0 Å². The molecule has 0 amide bonds. The minimum absolute atomic E-state index is 0.00632. The molecule has 0 radical (unpaired) electrons. The van der Waals surface area contributed by atoms with E-state index in [4.69, 9.17) is 4.98 Å². The molecule has 7 heteroatoms. The fraction of sp³-hybridized carbons (Fsp3) is 0.333. The van der Waals surface area contributed by atoms with Crippen LogP contribution in [-0.2, 0) is 0 Å². The Kier molecular flexibility index (Phi) is 3.88. The van der Waals surface area contributed by atoms with Crippen molar-refractivity contribution in [2.45, 2.75) is 39.7 Å². The van der Waals surface area contributed by atoms with Gasteiger partial charge in [0.25, 0.3) is 0 Å². The summed E-state index contributed by atoms with van der Waals surface area (Å²) >= 11 is 1.45.